The first-order valence-electron chi connectivity index (χ1n) is 10.2. The van der Waals surface area contributed by atoms with Crippen LogP contribution >= 0.6 is 47.1 Å². The van der Waals surface area contributed by atoms with Gasteiger partial charge in [-0.2, -0.15) is 0 Å². The van der Waals surface area contributed by atoms with Crippen LogP contribution in [0.3, 0.4) is 0 Å². The molecule has 0 aliphatic heterocycles. The minimum absolute atomic E-state index is 0. The maximum Gasteiger partial charge on any atom is 0.239 e. The van der Waals surface area contributed by atoms with Crippen LogP contribution in [0.25, 0.3) is 10.2 Å². The van der Waals surface area contributed by atoms with E-state index < -0.39 is 0 Å². The predicted octanol–water partition coefficient (Wildman–Crippen LogP) is 6.46. The van der Waals surface area contributed by atoms with Crippen LogP contribution in [0.5, 0.6) is 0 Å². The molecule has 1 aromatic heterocycles. The molecule has 168 valence electrons. The van der Waals surface area contributed by atoms with E-state index in [1.807, 2.05) is 29.2 Å². The Morgan fingerprint density at radius 2 is 1.77 bits per heavy atom. The number of fused-ring (bicyclic) bond motifs is 1. The average Bonchev–Trinajstić information content (AvgIpc) is 3.14. The standard InChI is InChI=1S/C23H28ClN3OS2.ClH/c1-5-26(6-2)11-12-27(21(28)15-29-19-9-7-18(24)8-10-19)23-25-20-14-16(3)13-17(4)22(20)30-23;/h7-10,13-14H,5-6,11-12,15H2,1-4H3;1H. The van der Waals surface area contributed by atoms with E-state index in [0.29, 0.717) is 17.3 Å². The molecule has 3 rings (SSSR count). The Balaban J connectivity index is 0.00000341. The van der Waals surface area contributed by atoms with Gasteiger partial charge in [0.05, 0.1) is 16.0 Å². The zero-order valence-electron chi connectivity index (χ0n) is 18.4. The molecule has 1 amide bonds. The molecule has 8 heteroatoms. The molecule has 0 aliphatic rings. The Labute approximate surface area is 204 Å². The van der Waals surface area contributed by atoms with E-state index in [4.69, 9.17) is 16.6 Å². The number of carbonyl (C=O) groups is 1. The molecule has 0 bridgehead atoms. The van der Waals surface area contributed by atoms with Gasteiger partial charge in [0.15, 0.2) is 5.13 Å². The number of halogens is 2. The highest BCUT2D eigenvalue weighted by Gasteiger charge is 2.21. The van der Waals surface area contributed by atoms with Crippen LogP contribution in [0.15, 0.2) is 41.3 Å². The van der Waals surface area contributed by atoms with Crippen LogP contribution in [0, 0.1) is 13.8 Å². The normalized spacial score (nSPS) is 11.0. The number of benzene rings is 2. The average molecular weight is 499 g/mol. The lowest BCUT2D eigenvalue weighted by Gasteiger charge is -2.24. The Morgan fingerprint density at radius 3 is 2.42 bits per heavy atom. The summed E-state index contributed by atoms with van der Waals surface area (Å²) >= 11 is 9.11. The molecule has 0 aliphatic carbocycles. The summed E-state index contributed by atoms with van der Waals surface area (Å²) in [4.78, 5) is 23.3. The largest absolute Gasteiger partial charge is 0.302 e. The van der Waals surface area contributed by atoms with Crippen LogP contribution in [0.4, 0.5) is 5.13 Å². The zero-order valence-corrected chi connectivity index (χ0v) is 21.6. The van der Waals surface area contributed by atoms with Crippen molar-refractivity contribution < 1.29 is 4.79 Å². The number of anilines is 1. The number of rotatable bonds is 9. The molecule has 0 spiro atoms. The van der Waals surface area contributed by atoms with Crippen molar-refractivity contribution in [2.75, 3.05) is 36.8 Å². The molecule has 1 heterocycles. The zero-order chi connectivity index (χ0) is 21.7. The monoisotopic (exact) mass is 497 g/mol. The third kappa shape index (κ3) is 6.83. The fourth-order valence-electron chi connectivity index (χ4n) is 3.34. The topological polar surface area (TPSA) is 36.4 Å². The van der Waals surface area contributed by atoms with Crippen molar-refractivity contribution in [3.05, 3.63) is 52.5 Å². The van der Waals surface area contributed by atoms with Gasteiger partial charge < -0.3 is 4.90 Å². The first-order valence-corrected chi connectivity index (χ1v) is 12.4. The molecule has 2 aromatic carbocycles. The summed E-state index contributed by atoms with van der Waals surface area (Å²) in [6.07, 6.45) is 0. The molecule has 0 atom stereocenters. The summed E-state index contributed by atoms with van der Waals surface area (Å²) in [5.74, 6) is 0.448. The van der Waals surface area contributed by atoms with Crippen LogP contribution < -0.4 is 4.90 Å². The fraction of sp³-hybridized carbons (Fsp3) is 0.391. The van der Waals surface area contributed by atoms with Crippen molar-refractivity contribution in [3.63, 3.8) is 0 Å². The van der Waals surface area contributed by atoms with Gasteiger partial charge >= 0.3 is 0 Å². The van der Waals surface area contributed by atoms with E-state index in [-0.39, 0.29) is 18.3 Å². The van der Waals surface area contributed by atoms with Crippen molar-refractivity contribution in [2.24, 2.45) is 0 Å². The fourth-order valence-corrected chi connectivity index (χ4v) is 5.30. The summed E-state index contributed by atoms with van der Waals surface area (Å²) < 4.78 is 1.15. The molecule has 0 fully saturated rings. The van der Waals surface area contributed by atoms with Gasteiger partial charge in [0.25, 0.3) is 0 Å². The van der Waals surface area contributed by atoms with Crippen LogP contribution in [0.2, 0.25) is 5.02 Å². The smallest absolute Gasteiger partial charge is 0.239 e. The second-order valence-corrected chi connectivity index (χ2v) is 9.70. The number of hydrogen-bond acceptors (Lipinski definition) is 5. The van der Waals surface area contributed by atoms with Gasteiger partial charge in [-0.25, -0.2) is 4.98 Å². The van der Waals surface area contributed by atoms with Gasteiger partial charge in [0.1, 0.15) is 0 Å². The molecular weight excluding hydrogens is 469 g/mol. The molecular formula is C23H29Cl2N3OS2. The van der Waals surface area contributed by atoms with E-state index in [1.54, 1.807) is 11.3 Å². The van der Waals surface area contributed by atoms with E-state index in [2.05, 4.69) is 44.7 Å². The van der Waals surface area contributed by atoms with Gasteiger partial charge in [-0.1, -0.05) is 42.9 Å². The van der Waals surface area contributed by atoms with E-state index in [1.165, 1.54) is 22.9 Å². The highest BCUT2D eigenvalue weighted by atomic mass is 35.5. The number of aromatic nitrogens is 1. The molecule has 0 saturated carbocycles. The summed E-state index contributed by atoms with van der Waals surface area (Å²) in [6.45, 7) is 11.9. The second-order valence-electron chi connectivity index (χ2n) is 7.24. The number of thioether (sulfide) groups is 1. The van der Waals surface area contributed by atoms with Crippen molar-refractivity contribution >= 4 is 68.4 Å². The molecule has 0 saturated heterocycles. The Bertz CT molecular complexity index is 1000. The number of likely N-dealkylation sites (N-methyl/N-ethyl adjacent to an activating group) is 1. The van der Waals surface area contributed by atoms with Crippen LogP contribution in [0.1, 0.15) is 25.0 Å². The lowest BCUT2D eigenvalue weighted by Crippen LogP contribution is -2.39. The first kappa shape index (κ1) is 25.9. The molecule has 0 radical (unpaired) electrons. The molecule has 31 heavy (non-hydrogen) atoms. The minimum Gasteiger partial charge on any atom is -0.302 e. The number of nitrogens with zero attached hydrogens (tertiary/aromatic N) is 3. The minimum atomic E-state index is 0. The Hall–Kier alpha value is -1.31. The van der Waals surface area contributed by atoms with Crippen LogP contribution in [-0.4, -0.2) is 47.7 Å². The number of hydrogen-bond donors (Lipinski definition) is 0. The van der Waals surface area contributed by atoms with Crippen molar-refractivity contribution in [2.45, 2.75) is 32.6 Å². The molecule has 4 nitrogen and oxygen atoms in total. The maximum absolute atomic E-state index is 13.2. The lowest BCUT2D eigenvalue weighted by molar-refractivity contribution is -0.116. The summed E-state index contributed by atoms with van der Waals surface area (Å²) in [7, 11) is 0. The number of carbonyl (C=O) groups excluding carboxylic acids is 1. The lowest BCUT2D eigenvalue weighted by atomic mass is 10.1. The number of aryl methyl sites for hydroxylation is 2. The molecule has 3 aromatic rings. The van der Waals surface area contributed by atoms with Crippen molar-refractivity contribution in [1.29, 1.82) is 0 Å². The highest BCUT2D eigenvalue weighted by molar-refractivity contribution is 8.00. The Kier molecular flexibility index (Phi) is 10.1. The molecule has 0 unspecified atom stereocenters. The third-order valence-corrected chi connectivity index (χ3v) is 7.53. The van der Waals surface area contributed by atoms with Crippen molar-refractivity contribution in [3.8, 4) is 0 Å². The van der Waals surface area contributed by atoms with Gasteiger partial charge in [-0.3, -0.25) is 9.69 Å². The highest BCUT2D eigenvalue weighted by Crippen LogP contribution is 2.32. The van der Waals surface area contributed by atoms with E-state index in [9.17, 15) is 4.79 Å². The first-order chi connectivity index (χ1) is 14.4. The van der Waals surface area contributed by atoms with E-state index >= 15 is 0 Å². The third-order valence-electron chi connectivity index (χ3n) is 5.05. The number of amides is 1. The summed E-state index contributed by atoms with van der Waals surface area (Å²) in [5, 5.41) is 1.49. The molecule has 0 N–H and O–H groups in total. The summed E-state index contributed by atoms with van der Waals surface area (Å²) in [5.41, 5.74) is 3.37. The van der Waals surface area contributed by atoms with Gasteiger partial charge in [-0.15, -0.1) is 24.2 Å². The predicted molar refractivity (Wildman–Crippen MR) is 139 cm³/mol. The SMILES string of the molecule is CCN(CC)CCN(C(=O)CSc1ccc(Cl)cc1)c1nc2cc(C)cc(C)c2s1.Cl. The quantitative estimate of drug-likeness (QED) is 0.318. The van der Waals surface area contributed by atoms with E-state index in [0.717, 1.165) is 39.9 Å². The van der Waals surface area contributed by atoms with Crippen molar-refractivity contribution in [1.82, 2.24) is 9.88 Å². The van der Waals surface area contributed by atoms with Crippen LogP contribution in [-0.2, 0) is 4.79 Å². The summed E-state index contributed by atoms with van der Waals surface area (Å²) in [6, 6.07) is 11.9. The van der Waals surface area contributed by atoms with Gasteiger partial charge in [0, 0.05) is 23.0 Å². The maximum atomic E-state index is 13.2. The van der Waals surface area contributed by atoms with Gasteiger partial charge in [0.2, 0.25) is 5.91 Å². The Morgan fingerprint density at radius 1 is 1.10 bits per heavy atom. The number of thiazole rings is 1. The second kappa shape index (κ2) is 12.1. The van der Waals surface area contributed by atoms with Gasteiger partial charge in [-0.05, 0) is 68.4 Å².